The van der Waals surface area contributed by atoms with Gasteiger partial charge in [0.15, 0.2) is 0 Å². The highest BCUT2D eigenvalue weighted by Gasteiger charge is 2.19. The van der Waals surface area contributed by atoms with Crippen LogP contribution in [0.5, 0.6) is 0 Å². The minimum Gasteiger partial charge on any atom is -0.372 e. The number of aryl methyl sites for hydroxylation is 2. The molecule has 0 aromatic heterocycles. The summed E-state index contributed by atoms with van der Waals surface area (Å²) in [5, 5.41) is 2.91. The fourth-order valence-corrected chi connectivity index (χ4v) is 3.83. The van der Waals surface area contributed by atoms with Crippen LogP contribution in [0.3, 0.4) is 0 Å². The Morgan fingerprint density at radius 2 is 1.57 bits per heavy atom. The van der Waals surface area contributed by atoms with E-state index in [9.17, 15) is 9.59 Å². The number of carbonyl (C=O) groups is 2. The third-order valence-corrected chi connectivity index (χ3v) is 5.26. The van der Waals surface area contributed by atoms with Gasteiger partial charge in [0.05, 0.1) is 5.69 Å². The molecule has 0 radical (unpaired) electrons. The Morgan fingerprint density at radius 1 is 0.964 bits per heavy atom. The van der Waals surface area contributed by atoms with E-state index in [2.05, 4.69) is 22.3 Å². The normalized spacial score (nSPS) is 13.9. The van der Waals surface area contributed by atoms with Gasteiger partial charge in [-0.05, 0) is 68.5 Å². The second kappa shape index (κ2) is 8.91. The quantitative estimate of drug-likeness (QED) is 0.843. The zero-order valence-electron chi connectivity index (χ0n) is 17.0. The molecule has 0 bridgehead atoms. The number of amides is 2. The summed E-state index contributed by atoms with van der Waals surface area (Å²) >= 11 is 0. The fraction of sp³-hybridized carbons (Fsp3) is 0.391. The van der Waals surface area contributed by atoms with Crippen molar-refractivity contribution in [3.05, 3.63) is 53.6 Å². The molecule has 0 atom stereocenters. The zero-order chi connectivity index (χ0) is 20.1. The van der Waals surface area contributed by atoms with Gasteiger partial charge >= 0.3 is 0 Å². The molecule has 1 aliphatic rings. The van der Waals surface area contributed by atoms with Crippen LogP contribution < -0.4 is 15.1 Å². The van der Waals surface area contributed by atoms with Gasteiger partial charge in [-0.3, -0.25) is 9.59 Å². The highest BCUT2D eigenvalue weighted by atomic mass is 16.2. The van der Waals surface area contributed by atoms with E-state index in [1.807, 2.05) is 44.2 Å². The summed E-state index contributed by atoms with van der Waals surface area (Å²) in [7, 11) is 0. The van der Waals surface area contributed by atoms with Crippen molar-refractivity contribution < 1.29 is 9.59 Å². The molecule has 1 heterocycles. The molecule has 5 heteroatoms. The van der Waals surface area contributed by atoms with Crippen molar-refractivity contribution >= 4 is 28.9 Å². The SMILES string of the molecule is CC(=O)N(CC(=O)Nc1ccc(N2CCCCC2)cc1)c1c(C)cccc1C. The first-order valence-electron chi connectivity index (χ1n) is 9.95. The molecule has 2 aromatic carbocycles. The van der Waals surface area contributed by atoms with Crippen molar-refractivity contribution in [2.24, 2.45) is 0 Å². The molecule has 2 aromatic rings. The van der Waals surface area contributed by atoms with Crippen molar-refractivity contribution in [2.45, 2.75) is 40.0 Å². The molecule has 28 heavy (non-hydrogen) atoms. The van der Waals surface area contributed by atoms with Crippen LogP contribution in [0.1, 0.15) is 37.3 Å². The molecule has 0 spiro atoms. The molecule has 1 saturated heterocycles. The van der Waals surface area contributed by atoms with E-state index in [4.69, 9.17) is 0 Å². The first-order valence-corrected chi connectivity index (χ1v) is 9.95. The van der Waals surface area contributed by atoms with Crippen molar-refractivity contribution in [1.82, 2.24) is 0 Å². The summed E-state index contributed by atoms with van der Waals surface area (Å²) in [4.78, 5) is 28.7. The highest BCUT2D eigenvalue weighted by molar-refractivity contribution is 6.02. The van der Waals surface area contributed by atoms with E-state index in [-0.39, 0.29) is 18.4 Å². The molecular formula is C23H29N3O2. The summed E-state index contributed by atoms with van der Waals surface area (Å²) in [6.07, 6.45) is 3.77. The number of piperidine rings is 1. The van der Waals surface area contributed by atoms with E-state index >= 15 is 0 Å². The predicted molar refractivity (Wildman–Crippen MR) is 115 cm³/mol. The van der Waals surface area contributed by atoms with Crippen LogP contribution in [0, 0.1) is 13.8 Å². The monoisotopic (exact) mass is 379 g/mol. The second-order valence-corrected chi connectivity index (χ2v) is 7.49. The maximum absolute atomic E-state index is 12.6. The maximum atomic E-state index is 12.6. The first kappa shape index (κ1) is 19.9. The number of hydrogen-bond acceptors (Lipinski definition) is 3. The number of nitrogens with zero attached hydrogens (tertiary/aromatic N) is 2. The Kier molecular flexibility index (Phi) is 6.34. The van der Waals surface area contributed by atoms with Crippen LogP contribution >= 0.6 is 0 Å². The Balaban J connectivity index is 1.67. The number of hydrogen-bond donors (Lipinski definition) is 1. The van der Waals surface area contributed by atoms with Gasteiger partial charge in [-0.1, -0.05) is 18.2 Å². The molecular weight excluding hydrogens is 350 g/mol. The van der Waals surface area contributed by atoms with Crippen LogP contribution in [0.2, 0.25) is 0 Å². The van der Waals surface area contributed by atoms with Gasteiger partial charge in [0.25, 0.3) is 0 Å². The summed E-state index contributed by atoms with van der Waals surface area (Å²) in [6, 6.07) is 13.8. The standard InChI is InChI=1S/C23H29N3O2/c1-17-8-7-9-18(2)23(17)26(19(3)27)16-22(28)24-20-10-12-21(13-11-20)25-14-5-4-6-15-25/h7-13H,4-6,14-16H2,1-3H3,(H,24,28). The Labute approximate surface area is 167 Å². The Hall–Kier alpha value is -2.82. The molecule has 5 nitrogen and oxygen atoms in total. The zero-order valence-corrected chi connectivity index (χ0v) is 17.0. The summed E-state index contributed by atoms with van der Waals surface area (Å²) in [5.41, 5.74) is 4.71. The fourth-order valence-electron chi connectivity index (χ4n) is 3.83. The molecule has 148 valence electrons. The molecule has 0 saturated carbocycles. The van der Waals surface area contributed by atoms with Gasteiger partial charge in [0.1, 0.15) is 6.54 Å². The molecule has 1 N–H and O–H groups in total. The van der Waals surface area contributed by atoms with Gasteiger partial charge in [0.2, 0.25) is 11.8 Å². The van der Waals surface area contributed by atoms with E-state index in [0.29, 0.717) is 0 Å². The number of rotatable bonds is 5. The summed E-state index contributed by atoms with van der Waals surface area (Å²) in [5.74, 6) is -0.350. The maximum Gasteiger partial charge on any atom is 0.244 e. The van der Waals surface area contributed by atoms with Crippen LogP contribution in [0.4, 0.5) is 17.1 Å². The smallest absolute Gasteiger partial charge is 0.244 e. The highest BCUT2D eigenvalue weighted by Crippen LogP contribution is 2.25. The average Bonchev–Trinajstić information content (AvgIpc) is 2.68. The van der Waals surface area contributed by atoms with Crippen LogP contribution in [-0.2, 0) is 9.59 Å². The van der Waals surface area contributed by atoms with Gasteiger partial charge in [-0.25, -0.2) is 0 Å². The topological polar surface area (TPSA) is 52.7 Å². The number of anilines is 3. The largest absolute Gasteiger partial charge is 0.372 e. The molecule has 1 aliphatic heterocycles. The van der Waals surface area contributed by atoms with Crippen LogP contribution in [-0.4, -0.2) is 31.4 Å². The van der Waals surface area contributed by atoms with Crippen molar-refractivity contribution in [3.63, 3.8) is 0 Å². The van der Waals surface area contributed by atoms with Gasteiger partial charge in [0, 0.05) is 31.4 Å². The summed E-state index contributed by atoms with van der Waals surface area (Å²) < 4.78 is 0. The average molecular weight is 380 g/mol. The lowest BCUT2D eigenvalue weighted by molar-refractivity contribution is -0.120. The third kappa shape index (κ3) is 4.71. The van der Waals surface area contributed by atoms with E-state index < -0.39 is 0 Å². The number of para-hydroxylation sites is 1. The second-order valence-electron chi connectivity index (χ2n) is 7.49. The van der Waals surface area contributed by atoms with Gasteiger partial charge in [-0.2, -0.15) is 0 Å². The van der Waals surface area contributed by atoms with Crippen molar-refractivity contribution in [3.8, 4) is 0 Å². The predicted octanol–water partition coefficient (Wildman–Crippen LogP) is 4.29. The molecule has 3 rings (SSSR count). The number of carbonyl (C=O) groups excluding carboxylic acids is 2. The Morgan fingerprint density at radius 3 is 2.14 bits per heavy atom. The third-order valence-electron chi connectivity index (χ3n) is 5.26. The van der Waals surface area contributed by atoms with E-state index in [1.165, 1.54) is 31.9 Å². The van der Waals surface area contributed by atoms with E-state index in [0.717, 1.165) is 35.6 Å². The molecule has 1 fully saturated rings. The molecule has 0 unspecified atom stereocenters. The lowest BCUT2D eigenvalue weighted by atomic mass is 10.1. The van der Waals surface area contributed by atoms with Crippen LogP contribution in [0.25, 0.3) is 0 Å². The van der Waals surface area contributed by atoms with Crippen LogP contribution in [0.15, 0.2) is 42.5 Å². The summed E-state index contributed by atoms with van der Waals surface area (Å²) in [6.45, 7) is 7.58. The minimum atomic E-state index is -0.205. The van der Waals surface area contributed by atoms with Gasteiger partial charge < -0.3 is 15.1 Å². The molecule has 0 aliphatic carbocycles. The lowest BCUT2D eigenvalue weighted by Crippen LogP contribution is -2.37. The van der Waals surface area contributed by atoms with Crippen molar-refractivity contribution in [1.29, 1.82) is 0 Å². The van der Waals surface area contributed by atoms with Crippen molar-refractivity contribution in [2.75, 3.05) is 34.8 Å². The van der Waals surface area contributed by atoms with E-state index in [1.54, 1.807) is 4.90 Å². The lowest BCUT2D eigenvalue weighted by Gasteiger charge is -2.29. The minimum absolute atomic E-state index is 0.00506. The first-order chi connectivity index (χ1) is 13.5. The van der Waals surface area contributed by atoms with Gasteiger partial charge in [-0.15, -0.1) is 0 Å². The number of nitrogens with one attached hydrogen (secondary N) is 1. The Bertz CT molecular complexity index is 819. The number of benzene rings is 2. The molecule has 2 amide bonds.